The lowest BCUT2D eigenvalue weighted by molar-refractivity contribution is 0.0522. The predicted octanol–water partition coefficient (Wildman–Crippen LogP) is 5.73. The minimum atomic E-state index is -3.71. The van der Waals surface area contributed by atoms with Gasteiger partial charge in [0.2, 0.25) is 10.0 Å². The van der Waals surface area contributed by atoms with Gasteiger partial charge in [-0.05, 0) is 91.2 Å². The van der Waals surface area contributed by atoms with E-state index in [4.69, 9.17) is 16.3 Å². The summed E-state index contributed by atoms with van der Waals surface area (Å²) in [6.45, 7) is 6.63. The van der Waals surface area contributed by atoms with Gasteiger partial charge in [0.15, 0.2) is 0 Å². The van der Waals surface area contributed by atoms with Gasteiger partial charge >= 0.3 is 6.09 Å². The average molecular weight is 621 g/mol. The Bertz CT molecular complexity index is 1760. The summed E-state index contributed by atoms with van der Waals surface area (Å²) in [6.07, 6.45) is 1.15. The van der Waals surface area contributed by atoms with Gasteiger partial charge < -0.3 is 15.0 Å². The lowest BCUT2D eigenvalue weighted by Crippen LogP contribution is -2.50. The molecule has 5 rings (SSSR count). The third-order valence-corrected chi connectivity index (χ3v) is 9.16. The number of rotatable bonds is 6. The monoisotopic (exact) mass is 620 g/mol. The number of ether oxygens (including phenoxy) is 1. The Kier molecular flexibility index (Phi) is 8.73. The highest BCUT2D eigenvalue weighted by Crippen LogP contribution is 2.26. The molecule has 224 valence electrons. The second kappa shape index (κ2) is 12.3. The van der Waals surface area contributed by atoms with Gasteiger partial charge in [-0.25, -0.2) is 13.2 Å². The molecule has 1 aliphatic heterocycles. The first-order chi connectivity index (χ1) is 20.4. The topological polar surface area (TPSA) is 109 Å². The third-order valence-electron chi connectivity index (χ3n) is 7.03. The molecule has 0 radical (unpaired) electrons. The summed E-state index contributed by atoms with van der Waals surface area (Å²) in [6, 6.07) is 21.3. The molecular formula is C32H33ClN4O5S. The van der Waals surface area contributed by atoms with Crippen LogP contribution >= 0.6 is 11.6 Å². The number of fused-ring (bicyclic) bond motifs is 1. The number of alkyl carbamates (subject to hydrolysis) is 1. The lowest BCUT2D eigenvalue weighted by Gasteiger charge is -2.34. The van der Waals surface area contributed by atoms with E-state index in [9.17, 15) is 18.0 Å². The van der Waals surface area contributed by atoms with Crippen LogP contribution in [0.2, 0.25) is 5.02 Å². The van der Waals surface area contributed by atoms with Crippen LogP contribution in [0.1, 0.15) is 36.8 Å². The van der Waals surface area contributed by atoms with Crippen molar-refractivity contribution in [2.75, 3.05) is 26.2 Å². The first kappa shape index (κ1) is 30.5. The maximum atomic E-state index is 13.3. The number of hydrogen-bond acceptors (Lipinski definition) is 6. The number of sulfonamides is 1. The molecule has 1 saturated heterocycles. The Morgan fingerprint density at radius 1 is 0.884 bits per heavy atom. The SMILES string of the molecule is CC(C)(C)OC(=O)NCc1cc(-c2ccc(C(=O)N3CCN(S(=O)(=O)c4ccc5cc(Cl)ccc5c4)CC3)cc2)ccn1. The number of amides is 2. The summed E-state index contributed by atoms with van der Waals surface area (Å²) in [4.78, 5) is 31.4. The van der Waals surface area contributed by atoms with Crippen molar-refractivity contribution in [2.24, 2.45) is 0 Å². The fourth-order valence-electron chi connectivity index (χ4n) is 4.85. The highest BCUT2D eigenvalue weighted by Gasteiger charge is 2.30. The minimum Gasteiger partial charge on any atom is -0.444 e. The molecule has 0 spiro atoms. The van der Waals surface area contributed by atoms with Gasteiger partial charge in [-0.2, -0.15) is 4.31 Å². The van der Waals surface area contributed by atoms with Crippen LogP contribution in [0, 0.1) is 0 Å². The fraction of sp³-hybridized carbons (Fsp3) is 0.281. The first-order valence-corrected chi connectivity index (χ1v) is 15.7. The molecule has 2 heterocycles. The van der Waals surface area contributed by atoms with E-state index in [0.717, 1.165) is 21.9 Å². The van der Waals surface area contributed by atoms with Crippen molar-refractivity contribution in [3.8, 4) is 11.1 Å². The van der Waals surface area contributed by atoms with Gasteiger partial charge in [0.1, 0.15) is 5.60 Å². The fourth-order valence-corrected chi connectivity index (χ4v) is 6.49. The van der Waals surface area contributed by atoms with Crippen molar-refractivity contribution < 1.29 is 22.7 Å². The summed E-state index contributed by atoms with van der Waals surface area (Å²) in [5.41, 5.74) is 2.40. The second-order valence-electron chi connectivity index (χ2n) is 11.3. The van der Waals surface area contributed by atoms with Crippen molar-refractivity contribution in [1.82, 2.24) is 19.5 Å². The molecule has 1 fully saturated rings. The van der Waals surface area contributed by atoms with Gasteiger partial charge in [0, 0.05) is 43.0 Å². The molecule has 9 nitrogen and oxygen atoms in total. The molecule has 4 aromatic rings. The van der Waals surface area contributed by atoms with Crippen LogP contribution < -0.4 is 5.32 Å². The number of pyridine rings is 1. The van der Waals surface area contributed by atoms with Crippen molar-refractivity contribution in [3.05, 3.63) is 95.3 Å². The Labute approximate surface area is 256 Å². The molecule has 0 atom stereocenters. The van der Waals surface area contributed by atoms with Gasteiger partial charge in [-0.1, -0.05) is 35.9 Å². The van der Waals surface area contributed by atoms with Gasteiger partial charge in [-0.3, -0.25) is 9.78 Å². The van der Waals surface area contributed by atoms with E-state index in [1.165, 1.54) is 4.31 Å². The molecule has 2 amide bonds. The molecule has 11 heteroatoms. The number of nitrogens with zero attached hydrogens (tertiary/aromatic N) is 3. The Balaban J connectivity index is 1.19. The molecule has 1 aliphatic rings. The largest absolute Gasteiger partial charge is 0.444 e. The summed E-state index contributed by atoms with van der Waals surface area (Å²) in [5, 5.41) is 4.96. The van der Waals surface area contributed by atoms with Crippen molar-refractivity contribution in [1.29, 1.82) is 0 Å². The molecule has 43 heavy (non-hydrogen) atoms. The number of carbonyl (C=O) groups is 2. The minimum absolute atomic E-state index is 0.150. The smallest absolute Gasteiger partial charge is 0.407 e. The number of hydrogen-bond donors (Lipinski definition) is 1. The molecular weight excluding hydrogens is 588 g/mol. The third kappa shape index (κ3) is 7.33. The van der Waals surface area contributed by atoms with Crippen LogP contribution in [-0.2, 0) is 21.3 Å². The molecule has 0 saturated carbocycles. The summed E-state index contributed by atoms with van der Waals surface area (Å²) in [7, 11) is -3.71. The van der Waals surface area contributed by atoms with Gasteiger partial charge in [0.25, 0.3) is 5.91 Å². The summed E-state index contributed by atoms with van der Waals surface area (Å²) in [5.74, 6) is -0.150. The Morgan fingerprint density at radius 3 is 2.26 bits per heavy atom. The van der Waals surface area contributed by atoms with Crippen LogP contribution in [0.15, 0.2) is 83.9 Å². The Hall–Kier alpha value is -3.99. The number of carbonyl (C=O) groups excluding carboxylic acids is 2. The maximum absolute atomic E-state index is 13.3. The van der Waals surface area contributed by atoms with Crippen LogP contribution in [0.4, 0.5) is 4.79 Å². The van der Waals surface area contributed by atoms with Crippen LogP contribution in [0.25, 0.3) is 21.9 Å². The van der Waals surface area contributed by atoms with Crippen molar-refractivity contribution >= 4 is 44.4 Å². The first-order valence-electron chi connectivity index (χ1n) is 13.9. The van der Waals surface area contributed by atoms with Gasteiger partial charge in [0.05, 0.1) is 17.1 Å². The lowest BCUT2D eigenvalue weighted by atomic mass is 10.0. The van der Waals surface area contributed by atoms with E-state index in [1.807, 2.05) is 24.3 Å². The predicted molar refractivity (Wildman–Crippen MR) is 166 cm³/mol. The van der Waals surface area contributed by atoms with Crippen LogP contribution in [0.3, 0.4) is 0 Å². The van der Waals surface area contributed by atoms with E-state index >= 15 is 0 Å². The van der Waals surface area contributed by atoms with E-state index in [-0.39, 0.29) is 30.4 Å². The molecule has 1 aromatic heterocycles. The Morgan fingerprint density at radius 2 is 1.56 bits per heavy atom. The van der Waals surface area contributed by atoms with E-state index in [0.29, 0.717) is 29.4 Å². The normalized spacial score (nSPS) is 14.5. The second-order valence-corrected chi connectivity index (χ2v) is 13.7. The average Bonchev–Trinajstić information content (AvgIpc) is 2.99. The van der Waals surface area contributed by atoms with Crippen LogP contribution in [-0.4, -0.2) is 66.4 Å². The van der Waals surface area contributed by atoms with Crippen molar-refractivity contribution in [2.45, 2.75) is 37.8 Å². The molecule has 0 unspecified atom stereocenters. The standard InChI is InChI=1S/C32H33ClN4O5S/c1-32(2,3)42-31(39)35-21-28-19-26(12-13-34-28)22-4-6-23(7-5-22)30(38)36-14-16-37(17-15-36)43(40,41)29-11-9-24-18-27(33)10-8-25(24)20-29/h4-13,18-20H,14-17,21H2,1-3H3,(H,35,39). The maximum Gasteiger partial charge on any atom is 0.407 e. The van der Waals surface area contributed by atoms with E-state index in [1.54, 1.807) is 80.4 Å². The number of aromatic nitrogens is 1. The number of halogens is 1. The molecule has 0 bridgehead atoms. The summed E-state index contributed by atoms with van der Waals surface area (Å²) < 4.78 is 33.4. The number of benzene rings is 3. The van der Waals surface area contributed by atoms with Gasteiger partial charge in [-0.15, -0.1) is 0 Å². The molecule has 1 N–H and O–H groups in total. The summed E-state index contributed by atoms with van der Waals surface area (Å²) >= 11 is 6.05. The van der Waals surface area contributed by atoms with E-state index < -0.39 is 21.7 Å². The number of nitrogens with one attached hydrogen (secondary N) is 1. The zero-order valence-corrected chi connectivity index (χ0v) is 25.8. The quantitative estimate of drug-likeness (QED) is 0.295. The highest BCUT2D eigenvalue weighted by atomic mass is 35.5. The zero-order valence-electron chi connectivity index (χ0n) is 24.2. The van der Waals surface area contributed by atoms with E-state index in [2.05, 4.69) is 10.3 Å². The van der Waals surface area contributed by atoms with Crippen molar-refractivity contribution in [3.63, 3.8) is 0 Å². The van der Waals surface area contributed by atoms with Crippen LogP contribution in [0.5, 0.6) is 0 Å². The molecule has 3 aromatic carbocycles. The molecule has 0 aliphatic carbocycles. The zero-order chi connectivity index (χ0) is 30.8. The number of piperazine rings is 1. The highest BCUT2D eigenvalue weighted by molar-refractivity contribution is 7.89.